The van der Waals surface area contributed by atoms with Crippen LogP contribution in [0.3, 0.4) is 0 Å². The molecule has 0 amide bonds. The summed E-state index contributed by atoms with van der Waals surface area (Å²) in [5.41, 5.74) is 1.28. The Kier molecular flexibility index (Phi) is 4.11. The fourth-order valence-corrected chi connectivity index (χ4v) is 2.92. The predicted octanol–water partition coefficient (Wildman–Crippen LogP) is 3.72. The molecule has 2 rings (SSSR count). The van der Waals surface area contributed by atoms with Crippen LogP contribution >= 0.6 is 0 Å². The largest absolute Gasteiger partial charge is 0.392 e. The Hall–Kier alpha value is -0.960. The number of aliphatic hydroxyl groups is 1. The van der Waals surface area contributed by atoms with E-state index >= 15 is 0 Å². The molecule has 1 aliphatic carbocycles. The number of benzene rings is 1. The summed E-state index contributed by atoms with van der Waals surface area (Å²) < 4.78 is 26.5. The Morgan fingerprint density at radius 1 is 1.18 bits per heavy atom. The molecule has 0 saturated heterocycles. The zero-order valence-corrected chi connectivity index (χ0v) is 9.78. The summed E-state index contributed by atoms with van der Waals surface area (Å²) in [5, 5.41) is 9.25. The van der Waals surface area contributed by atoms with Crippen LogP contribution in [0.2, 0.25) is 0 Å². The first-order valence-electron chi connectivity index (χ1n) is 6.21. The lowest BCUT2D eigenvalue weighted by molar-refractivity contribution is 0.0857. The van der Waals surface area contributed by atoms with Crippen molar-refractivity contribution in [3.05, 3.63) is 35.4 Å². The highest BCUT2D eigenvalue weighted by atomic mass is 19.3. The molecule has 1 nitrogen and oxygen atoms in total. The van der Waals surface area contributed by atoms with E-state index in [4.69, 9.17) is 0 Å². The first-order valence-corrected chi connectivity index (χ1v) is 6.21. The highest BCUT2D eigenvalue weighted by Gasteiger charge is 2.34. The molecule has 1 saturated carbocycles. The van der Waals surface area contributed by atoms with Gasteiger partial charge in [-0.2, -0.15) is 0 Å². The summed E-state index contributed by atoms with van der Waals surface area (Å²) >= 11 is 0. The number of alkyl halides is 2. The van der Waals surface area contributed by atoms with Crippen molar-refractivity contribution in [1.82, 2.24) is 0 Å². The monoisotopic (exact) mass is 240 g/mol. The molecule has 0 bridgehead atoms. The third-order valence-electron chi connectivity index (χ3n) is 3.76. The number of hydrogen-bond donors (Lipinski definition) is 1. The van der Waals surface area contributed by atoms with Gasteiger partial charge in [0.05, 0.1) is 6.61 Å². The highest BCUT2D eigenvalue weighted by Crippen LogP contribution is 2.41. The van der Waals surface area contributed by atoms with Crippen LogP contribution < -0.4 is 0 Å². The first-order chi connectivity index (χ1) is 8.24. The molecule has 1 atom stereocenters. The molecular formula is C14H18F2O. The average Bonchev–Trinajstić information content (AvgIpc) is 2.83. The molecule has 1 fully saturated rings. The van der Waals surface area contributed by atoms with Gasteiger partial charge in [0.1, 0.15) is 0 Å². The SMILES string of the molecule is OCc1ccccc1C(C(F)F)C1CCCC1. The molecule has 94 valence electrons. The second-order valence-electron chi connectivity index (χ2n) is 4.76. The number of hydrogen-bond acceptors (Lipinski definition) is 1. The molecule has 17 heavy (non-hydrogen) atoms. The van der Waals surface area contributed by atoms with Gasteiger partial charge in [-0.1, -0.05) is 37.1 Å². The third-order valence-corrected chi connectivity index (χ3v) is 3.76. The van der Waals surface area contributed by atoms with Gasteiger partial charge in [0.15, 0.2) is 0 Å². The molecule has 0 aromatic heterocycles. The third kappa shape index (κ3) is 2.65. The van der Waals surface area contributed by atoms with E-state index in [0.717, 1.165) is 25.7 Å². The Balaban J connectivity index is 2.31. The minimum absolute atomic E-state index is 0.0719. The number of rotatable bonds is 4. The van der Waals surface area contributed by atoms with Crippen molar-refractivity contribution in [1.29, 1.82) is 0 Å². The van der Waals surface area contributed by atoms with E-state index in [1.807, 2.05) is 0 Å². The van der Waals surface area contributed by atoms with Crippen LogP contribution in [0.1, 0.15) is 42.7 Å². The van der Waals surface area contributed by atoms with Crippen molar-refractivity contribution in [2.45, 2.75) is 44.6 Å². The molecule has 1 aromatic rings. The summed E-state index contributed by atoms with van der Waals surface area (Å²) in [5.74, 6) is -0.636. The van der Waals surface area contributed by atoms with Crippen LogP contribution in [0.25, 0.3) is 0 Å². The summed E-state index contributed by atoms with van der Waals surface area (Å²) in [4.78, 5) is 0. The van der Waals surface area contributed by atoms with Crippen molar-refractivity contribution in [3.8, 4) is 0 Å². The van der Waals surface area contributed by atoms with Gasteiger partial charge in [-0.3, -0.25) is 0 Å². The summed E-state index contributed by atoms with van der Waals surface area (Å²) in [6.07, 6.45) is 1.53. The van der Waals surface area contributed by atoms with Gasteiger partial charge in [-0.25, -0.2) is 8.78 Å². The lowest BCUT2D eigenvalue weighted by Gasteiger charge is -2.25. The van der Waals surface area contributed by atoms with Gasteiger partial charge >= 0.3 is 0 Å². The maximum Gasteiger partial charge on any atom is 0.245 e. The first kappa shape index (κ1) is 12.5. The van der Waals surface area contributed by atoms with Crippen molar-refractivity contribution in [2.75, 3.05) is 0 Å². The second-order valence-corrected chi connectivity index (χ2v) is 4.76. The number of aliphatic hydroxyl groups excluding tert-OH is 1. The molecule has 1 aromatic carbocycles. The van der Waals surface area contributed by atoms with E-state index in [1.165, 1.54) is 0 Å². The van der Waals surface area contributed by atoms with Crippen LogP contribution in [0.4, 0.5) is 8.78 Å². The van der Waals surface area contributed by atoms with Crippen molar-refractivity contribution >= 4 is 0 Å². The molecule has 1 N–H and O–H groups in total. The van der Waals surface area contributed by atoms with Crippen molar-refractivity contribution < 1.29 is 13.9 Å². The molecule has 0 heterocycles. The number of halogens is 2. The Morgan fingerprint density at radius 3 is 2.41 bits per heavy atom. The topological polar surface area (TPSA) is 20.2 Å². The Labute approximate surface area is 100 Å². The van der Waals surface area contributed by atoms with Gasteiger partial charge < -0.3 is 5.11 Å². The summed E-state index contributed by atoms with van der Waals surface area (Å²) in [6.45, 7) is -0.161. The maximum atomic E-state index is 13.3. The quantitative estimate of drug-likeness (QED) is 0.850. The van der Waals surface area contributed by atoms with Gasteiger partial charge in [-0.15, -0.1) is 0 Å². The lowest BCUT2D eigenvalue weighted by Crippen LogP contribution is -2.19. The lowest BCUT2D eigenvalue weighted by atomic mass is 9.83. The van der Waals surface area contributed by atoms with E-state index in [-0.39, 0.29) is 12.5 Å². The van der Waals surface area contributed by atoms with Crippen molar-refractivity contribution in [2.24, 2.45) is 5.92 Å². The molecule has 3 heteroatoms. The van der Waals surface area contributed by atoms with E-state index in [2.05, 4.69) is 0 Å². The summed E-state index contributed by atoms with van der Waals surface area (Å²) in [7, 11) is 0. The molecule has 0 spiro atoms. The zero-order valence-electron chi connectivity index (χ0n) is 9.78. The van der Waals surface area contributed by atoms with Gasteiger partial charge in [0.2, 0.25) is 6.43 Å². The average molecular weight is 240 g/mol. The fourth-order valence-electron chi connectivity index (χ4n) is 2.92. The second kappa shape index (κ2) is 5.58. The maximum absolute atomic E-state index is 13.3. The fraction of sp³-hybridized carbons (Fsp3) is 0.571. The zero-order chi connectivity index (χ0) is 12.3. The summed E-state index contributed by atoms with van der Waals surface area (Å²) in [6, 6.07) is 7.03. The molecule has 1 unspecified atom stereocenters. The van der Waals surface area contributed by atoms with Gasteiger partial charge in [-0.05, 0) is 29.9 Å². The molecule has 0 radical (unpaired) electrons. The Bertz CT molecular complexity index is 359. The van der Waals surface area contributed by atoms with Gasteiger partial charge in [0, 0.05) is 5.92 Å². The van der Waals surface area contributed by atoms with E-state index in [1.54, 1.807) is 24.3 Å². The minimum atomic E-state index is -2.34. The van der Waals surface area contributed by atoms with E-state index < -0.39 is 12.3 Å². The van der Waals surface area contributed by atoms with Crippen LogP contribution in [0.5, 0.6) is 0 Å². The highest BCUT2D eigenvalue weighted by molar-refractivity contribution is 5.31. The van der Waals surface area contributed by atoms with Crippen molar-refractivity contribution in [3.63, 3.8) is 0 Å². The molecule has 0 aliphatic heterocycles. The molecule has 1 aliphatic rings. The standard InChI is InChI=1S/C14H18F2O/c15-14(16)13(10-5-1-2-6-10)12-8-4-3-7-11(12)9-17/h3-4,7-8,10,13-14,17H,1-2,5-6,9H2. The van der Waals surface area contributed by atoms with E-state index in [0.29, 0.717) is 11.1 Å². The van der Waals surface area contributed by atoms with Crippen LogP contribution in [0.15, 0.2) is 24.3 Å². The van der Waals surface area contributed by atoms with Crippen LogP contribution in [-0.2, 0) is 6.61 Å². The molecular weight excluding hydrogens is 222 g/mol. The minimum Gasteiger partial charge on any atom is -0.392 e. The normalized spacial score (nSPS) is 18.8. The van der Waals surface area contributed by atoms with Gasteiger partial charge in [0.25, 0.3) is 0 Å². The van der Waals surface area contributed by atoms with Crippen LogP contribution in [0, 0.1) is 5.92 Å². The van der Waals surface area contributed by atoms with E-state index in [9.17, 15) is 13.9 Å². The predicted molar refractivity (Wildman–Crippen MR) is 63.1 cm³/mol. The Morgan fingerprint density at radius 2 is 1.82 bits per heavy atom. The van der Waals surface area contributed by atoms with Crippen LogP contribution in [-0.4, -0.2) is 11.5 Å². The smallest absolute Gasteiger partial charge is 0.245 e.